The van der Waals surface area contributed by atoms with E-state index in [0.717, 1.165) is 33.5 Å². The van der Waals surface area contributed by atoms with Gasteiger partial charge in [-0.3, -0.25) is 14.3 Å². The van der Waals surface area contributed by atoms with Crippen molar-refractivity contribution in [2.24, 2.45) is 0 Å². The molecule has 0 radical (unpaired) electrons. The zero-order valence-corrected chi connectivity index (χ0v) is 18.9. The summed E-state index contributed by atoms with van der Waals surface area (Å²) in [6.07, 6.45) is 4.27. The summed E-state index contributed by atoms with van der Waals surface area (Å²) in [4.78, 5) is 21.8. The molecule has 0 N–H and O–H groups in total. The molecule has 4 heterocycles. The molecule has 0 saturated carbocycles. The molecule has 32 heavy (non-hydrogen) atoms. The highest BCUT2D eigenvalue weighted by Crippen LogP contribution is 2.27. The van der Waals surface area contributed by atoms with Crippen LogP contribution in [0, 0.1) is 0 Å². The van der Waals surface area contributed by atoms with Gasteiger partial charge in [0.1, 0.15) is 5.01 Å². The van der Waals surface area contributed by atoms with Gasteiger partial charge in [-0.05, 0) is 24.1 Å². The van der Waals surface area contributed by atoms with Crippen LogP contribution >= 0.6 is 23.1 Å². The molecule has 5 rings (SSSR count). The van der Waals surface area contributed by atoms with Crippen molar-refractivity contribution in [1.82, 2.24) is 34.3 Å². The van der Waals surface area contributed by atoms with Gasteiger partial charge in [-0.2, -0.15) is 9.61 Å². The number of nitrogens with zero attached hydrogens (tertiary/aromatic N) is 7. The fourth-order valence-electron chi connectivity index (χ4n) is 3.27. The van der Waals surface area contributed by atoms with E-state index in [4.69, 9.17) is 0 Å². The predicted octanol–water partition coefficient (Wildman–Crippen LogP) is 3.71. The summed E-state index contributed by atoms with van der Waals surface area (Å²) < 4.78 is 3.46. The first-order chi connectivity index (χ1) is 15.7. The number of benzene rings is 1. The first kappa shape index (κ1) is 20.5. The molecule has 0 bridgehead atoms. The summed E-state index contributed by atoms with van der Waals surface area (Å²) in [6.45, 7) is 2.65. The van der Waals surface area contributed by atoms with Gasteiger partial charge in [0.15, 0.2) is 11.0 Å². The molecule has 0 saturated heterocycles. The topological polar surface area (TPSA) is 90.9 Å². The number of hydrogen-bond acceptors (Lipinski definition) is 8. The van der Waals surface area contributed by atoms with Gasteiger partial charge in [0.2, 0.25) is 4.96 Å². The smallest absolute Gasteiger partial charge is 0.275 e. The van der Waals surface area contributed by atoms with Crippen LogP contribution in [0.15, 0.2) is 70.9 Å². The van der Waals surface area contributed by atoms with E-state index < -0.39 is 0 Å². The maximum Gasteiger partial charge on any atom is 0.275 e. The summed E-state index contributed by atoms with van der Waals surface area (Å²) in [5.74, 6) is 1.28. The van der Waals surface area contributed by atoms with E-state index in [1.807, 2.05) is 37.3 Å². The Balaban J connectivity index is 1.46. The van der Waals surface area contributed by atoms with Crippen LogP contribution in [0.1, 0.15) is 23.2 Å². The number of fused-ring (bicyclic) bond motifs is 1. The van der Waals surface area contributed by atoms with E-state index in [1.54, 1.807) is 18.5 Å². The third-order valence-corrected chi connectivity index (χ3v) is 6.88. The maximum atomic E-state index is 12.5. The highest BCUT2D eigenvalue weighted by molar-refractivity contribution is 7.98. The quantitative estimate of drug-likeness (QED) is 0.341. The van der Waals surface area contributed by atoms with E-state index in [2.05, 4.69) is 42.0 Å². The largest absolute Gasteiger partial charge is 0.298 e. The second-order valence-corrected chi connectivity index (χ2v) is 9.01. The molecule has 4 aromatic heterocycles. The van der Waals surface area contributed by atoms with E-state index in [9.17, 15) is 4.79 Å². The minimum atomic E-state index is -0.162. The molecule has 0 spiro atoms. The Labute approximate surface area is 192 Å². The zero-order valence-electron chi connectivity index (χ0n) is 17.3. The van der Waals surface area contributed by atoms with Gasteiger partial charge in [-0.25, -0.2) is 4.98 Å². The molecular formula is C22H19N7OS2. The molecule has 1 aromatic carbocycles. The first-order valence-corrected chi connectivity index (χ1v) is 11.9. The number of pyridine rings is 1. The molecule has 0 atom stereocenters. The van der Waals surface area contributed by atoms with Crippen LogP contribution in [0.25, 0.3) is 16.3 Å². The van der Waals surface area contributed by atoms with Gasteiger partial charge in [-0.1, -0.05) is 60.4 Å². The monoisotopic (exact) mass is 461 g/mol. The molecule has 10 heteroatoms. The summed E-state index contributed by atoms with van der Waals surface area (Å²) in [6, 6.07) is 15.6. The highest BCUT2D eigenvalue weighted by atomic mass is 32.2. The Morgan fingerprint density at radius 1 is 1.06 bits per heavy atom. The van der Waals surface area contributed by atoms with Crippen LogP contribution in [0.2, 0.25) is 0 Å². The van der Waals surface area contributed by atoms with Crippen LogP contribution in [-0.2, 0) is 18.7 Å². The van der Waals surface area contributed by atoms with Gasteiger partial charge in [0.25, 0.3) is 5.56 Å². The fraction of sp³-hybridized carbons (Fsp3) is 0.182. The number of hydrogen-bond donors (Lipinski definition) is 0. The summed E-state index contributed by atoms with van der Waals surface area (Å²) in [7, 11) is 0. The van der Waals surface area contributed by atoms with Crippen molar-refractivity contribution in [3.05, 3.63) is 87.5 Å². The first-order valence-electron chi connectivity index (χ1n) is 10.1. The molecule has 5 aromatic rings. The summed E-state index contributed by atoms with van der Waals surface area (Å²) >= 11 is 2.96. The van der Waals surface area contributed by atoms with Crippen molar-refractivity contribution in [1.29, 1.82) is 0 Å². The fourth-order valence-corrected chi connectivity index (χ4v) is 4.96. The normalized spacial score (nSPS) is 11.3. The van der Waals surface area contributed by atoms with Crippen molar-refractivity contribution in [3.8, 4) is 11.4 Å². The Bertz CT molecular complexity index is 1410. The summed E-state index contributed by atoms with van der Waals surface area (Å²) in [5, 5.41) is 14.9. The van der Waals surface area contributed by atoms with E-state index in [-0.39, 0.29) is 5.56 Å². The molecule has 160 valence electrons. The maximum absolute atomic E-state index is 12.5. The molecule has 0 amide bonds. The van der Waals surface area contributed by atoms with Crippen molar-refractivity contribution in [2.75, 3.05) is 0 Å². The van der Waals surface area contributed by atoms with Gasteiger partial charge in [0, 0.05) is 29.8 Å². The molecule has 0 aliphatic heterocycles. The number of aryl methyl sites for hydroxylation is 1. The number of rotatable bonds is 7. The number of thioether (sulfide) groups is 1. The van der Waals surface area contributed by atoms with Gasteiger partial charge >= 0.3 is 0 Å². The SMILES string of the molecule is CCc1nn2c(=O)cc(CSc3nnc(-c4ccncc4)n3Cc3ccccc3)nc2s1. The minimum absolute atomic E-state index is 0.162. The lowest BCUT2D eigenvalue weighted by molar-refractivity contribution is 0.714. The second kappa shape index (κ2) is 9.01. The van der Waals surface area contributed by atoms with Gasteiger partial charge in [0.05, 0.1) is 12.2 Å². The average Bonchev–Trinajstić information content (AvgIpc) is 3.43. The van der Waals surface area contributed by atoms with E-state index in [0.29, 0.717) is 23.0 Å². The molecule has 0 aliphatic rings. The average molecular weight is 462 g/mol. The van der Waals surface area contributed by atoms with Crippen LogP contribution < -0.4 is 5.56 Å². The third-order valence-electron chi connectivity index (χ3n) is 4.83. The molecular weight excluding hydrogens is 442 g/mol. The van der Waals surface area contributed by atoms with Gasteiger partial charge < -0.3 is 0 Å². The molecule has 0 aliphatic carbocycles. The Kier molecular flexibility index (Phi) is 5.78. The van der Waals surface area contributed by atoms with Crippen LogP contribution in [-0.4, -0.2) is 34.3 Å². The zero-order chi connectivity index (χ0) is 21.9. The van der Waals surface area contributed by atoms with E-state index >= 15 is 0 Å². The standard InChI is InChI=1S/C22H19N7OS2/c1-2-18-27-29-19(30)12-17(24-21(29)32-18)14-31-22-26-25-20(16-8-10-23-11-9-16)28(22)13-15-6-4-3-5-7-15/h3-12H,2,13-14H2,1H3. The molecule has 8 nitrogen and oxygen atoms in total. The third kappa shape index (κ3) is 4.19. The number of aromatic nitrogens is 7. The lowest BCUT2D eigenvalue weighted by atomic mass is 10.2. The predicted molar refractivity (Wildman–Crippen MR) is 125 cm³/mol. The van der Waals surface area contributed by atoms with Crippen LogP contribution in [0.3, 0.4) is 0 Å². The lowest BCUT2D eigenvalue weighted by Gasteiger charge is -2.10. The van der Waals surface area contributed by atoms with Crippen LogP contribution in [0.4, 0.5) is 0 Å². The lowest BCUT2D eigenvalue weighted by Crippen LogP contribution is -2.15. The molecule has 0 fully saturated rings. The van der Waals surface area contributed by atoms with Crippen molar-refractivity contribution >= 4 is 28.1 Å². The van der Waals surface area contributed by atoms with Crippen molar-refractivity contribution in [3.63, 3.8) is 0 Å². The van der Waals surface area contributed by atoms with Crippen LogP contribution in [0.5, 0.6) is 0 Å². The summed E-state index contributed by atoms with van der Waals surface area (Å²) in [5.41, 5.74) is 2.64. The van der Waals surface area contributed by atoms with Crippen molar-refractivity contribution < 1.29 is 0 Å². The van der Waals surface area contributed by atoms with Crippen molar-refractivity contribution in [2.45, 2.75) is 30.8 Å². The molecule has 0 unspecified atom stereocenters. The second-order valence-electron chi connectivity index (χ2n) is 7.03. The van der Waals surface area contributed by atoms with Gasteiger partial charge in [-0.15, -0.1) is 10.2 Å². The Morgan fingerprint density at radius 2 is 1.88 bits per heavy atom. The Morgan fingerprint density at radius 3 is 2.66 bits per heavy atom. The Hall–Kier alpha value is -3.37. The van der Waals surface area contributed by atoms with E-state index in [1.165, 1.54) is 27.6 Å². The minimum Gasteiger partial charge on any atom is -0.298 e. The highest BCUT2D eigenvalue weighted by Gasteiger charge is 2.16.